The van der Waals surface area contributed by atoms with Crippen LogP contribution in [0.15, 0.2) is 18.2 Å². The molecule has 1 aliphatic heterocycles. The summed E-state index contributed by atoms with van der Waals surface area (Å²) in [4.78, 5) is 31.6. The number of aliphatic hydroxyl groups is 1. The van der Waals surface area contributed by atoms with Gasteiger partial charge in [0.15, 0.2) is 0 Å². The number of nitrogens with one attached hydrogen (secondary N) is 1. The van der Waals surface area contributed by atoms with Crippen molar-refractivity contribution >= 4 is 17.6 Å². The third kappa shape index (κ3) is 6.56. The Bertz CT molecular complexity index is 840. The summed E-state index contributed by atoms with van der Waals surface area (Å²) >= 11 is 0. The highest BCUT2D eigenvalue weighted by molar-refractivity contribution is 5.80. The Labute approximate surface area is 204 Å². The van der Waals surface area contributed by atoms with E-state index in [0.29, 0.717) is 18.8 Å². The first kappa shape index (κ1) is 26.1. The Morgan fingerprint density at radius 2 is 1.94 bits per heavy atom. The smallest absolute Gasteiger partial charge is 0.317 e. The van der Waals surface area contributed by atoms with Gasteiger partial charge in [0, 0.05) is 50.9 Å². The maximum absolute atomic E-state index is 13.2. The van der Waals surface area contributed by atoms with Gasteiger partial charge in [-0.25, -0.2) is 4.79 Å². The number of aliphatic hydroxyl groups excluding tert-OH is 1. The van der Waals surface area contributed by atoms with E-state index in [-0.39, 0.29) is 49.1 Å². The van der Waals surface area contributed by atoms with Crippen LogP contribution >= 0.6 is 0 Å². The number of nitrogens with zero attached hydrogens (tertiary/aromatic N) is 3. The number of hydrogen-bond acceptors (Lipinski definition) is 5. The van der Waals surface area contributed by atoms with Crippen molar-refractivity contribution in [2.24, 2.45) is 5.92 Å². The summed E-state index contributed by atoms with van der Waals surface area (Å²) in [7, 11) is 5.73. The lowest BCUT2D eigenvalue weighted by molar-refractivity contribution is -0.134. The minimum atomic E-state index is -0.301. The fourth-order valence-corrected chi connectivity index (χ4v) is 4.80. The van der Waals surface area contributed by atoms with Crippen LogP contribution in [-0.2, 0) is 11.2 Å². The number of fused-ring (bicyclic) bond motifs is 1. The molecule has 0 bridgehead atoms. The monoisotopic (exact) mass is 474 g/mol. The molecule has 1 aliphatic carbocycles. The van der Waals surface area contributed by atoms with Crippen LogP contribution in [0.2, 0.25) is 0 Å². The number of amides is 3. The van der Waals surface area contributed by atoms with E-state index < -0.39 is 0 Å². The largest absolute Gasteiger partial charge is 0.488 e. The number of anilines is 1. The van der Waals surface area contributed by atoms with Crippen LogP contribution < -0.4 is 15.0 Å². The van der Waals surface area contributed by atoms with Gasteiger partial charge >= 0.3 is 6.03 Å². The van der Waals surface area contributed by atoms with Crippen molar-refractivity contribution in [2.75, 3.05) is 45.7 Å². The molecule has 1 aromatic carbocycles. The summed E-state index contributed by atoms with van der Waals surface area (Å²) in [5.41, 5.74) is 1.81. The Morgan fingerprint density at radius 3 is 2.59 bits per heavy atom. The highest BCUT2D eigenvalue weighted by Crippen LogP contribution is 2.30. The van der Waals surface area contributed by atoms with E-state index >= 15 is 0 Å². The van der Waals surface area contributed by atoms with Gasteiger partial charge < -0.3 is 29.9 Å². The Balaban J connectivity index is 1.83. The fraction of sp³-hybridized carbons (Fsp3) is 0.692. The van der Waals surface area contributed by atoms with Crippen LogP contribution in [0.25, 0.3) is 0 Å². The summed E-state index contributed by atoms with van der Waals surface area (Å²) in [5, 5.41) is 13.0. The fourth-order valence-electron chi connectivity index (χ4n) is 4.80. The lowest BCUT2D eigenvalue weighted by Gasteiger charge is -2.34. The van der Waals surface area contributed by atoms with Gasteiger partial charge in [0.1, 0.15) is 11.9 Å². The van der Waals surface area contributed by atoms with Crippen molar-refractivity contribution in [3.63, 3.8) is 0 Å². The van der Waals surface area contributed by atoms with E-state index in [0.717, 1.165) is 36.9 Å². The highest BCUT2D eigenvalue weighted by Gasteiger charge is 2.32. The molecule has 1 saturated carbocycles. The van der Waals surface area contributed by atoms with Gasteiger partial charge in [-0.2, -0.15) is 0 Å². The van der Waals surface area contributed by atoms with Crippen LogP contribution in [0, 0.1) is 5.92 Å². The lowest BCUT2D eigenvalue weighted by Crippen LogP contribution is -2.50. The van der Waals surface area contributed by atoms with Crippen LogP contribution in [0.5, 0.6) is 5.75 Å². The van der Waals surface area contributed by atoms with Gasteiger partial charge in [0.2, 0.25) is 5.91 Å². The highest BCUT2D eigenvalue weighted by atomic mass is 16.5. The SMILES string of the molecule is C[C@H](CO)N1C[C@H](C)[C@H](CN(C)C(=O)NC2CCCCC2)Oc2ccc(N(C)C)cc2CC1=O. The van der Waals surface area contributed by atoms with Gasteiger partial charge in [0.25, 0.3) is 0 Å². The van der Waals surface area contributed by atoms with Crippen molar-refractivity contribution in [3.8, 4) is 5.75 Å². The molecule has 0 aromatic heterocycles. The molecule has 1 aromatic rings. The van der Waals surface area contributed by atoms with Crippen LogP contribution in [0.1, 0.15) is 51.5 Å². The predicted octanol–water partition coefficient (Wildman–Crippen LogP) is 2.88. The second kappa shape index (κ2) is 11.8. The van der Waals surface area contributed by atoms with Gasteiger partial charge in [0.05, 0.1) is 25.6 Å². The second-order valence-electron chi connectivity index (χ2n) is 10.2. The first-order chi connectivity index (χ1) is 16.2. The van der Waals surface area contributed by atoms with Crippen LogP contribution in [-0.4, -0.2) is 85.9 Å². The normalized spacial score (nSPS) is 22.5. The summed E-state index contributed by atoms with van der Waals surface area (Å²) in [6, 6.07) is 5.76. The molecule has 0 radical (unpaired) electrons. The molecular formula is C26H42N4O4. The zero-order valence-corrected chi connectivity index (χ0v) is 21.4. The molecule has 34 heavy (non-hydrogen) atoms. The maximum Gasteiger partial charge on any atom is 0.317 e. The zero-order chi connectivity index (χ0) is 24.8. The second-order valence-corrected chi connectivity index (χ2v) is 10.2. The van der Waals surface area contributed by atoms with E-state index in [4.69, 9.17) is 4.74 Å². The number of likely N-dealkylation sites (N-methyl/N-ethyl adjacent to an activating group) is 1. The van der Waals surface area contributed by atoms with Crippen LogP contribution in [0.3, 0.4) is 0 Å². The molecule has 8 nitrogen and oxygen atoms in total. The minimum absolute atomic E-state index is 0.0294. The Kier molecular flexibility index (Phi) is 9.05. The predicted molar refractivity (Wildman–Crippen MR) is 134 cm³/mol. The third-order valence-electron chi connectivity index (χ3n) is 7.15. The van der Waals surface area contributed by atoms with Gasteiger partial charge in [-0.15, -0.1) is 0 Å². The number of carbonyl (C=O) groups excluding carboxylic acids is 2. The first-order valence-corrected chi connectivity index (χ1v) is 12.6. The summed E-state index contributed by atoms with van der Waals surface area (Å²) in [5.74, 6) is 0.607. The number of hydrogen-bond donors (Lipinski definition) is 2. The molecular weight excluding hydrogens is 432 g/mol. The molecule has 8 heteroatoms. The molecule has 1 heterocycles. The summed E-state index contributed by atoms with van der Waals surface area (Å²) in [6.45, 7) is 4.67. The van der Waals surface area contributed by atoms with Gasteiger partial charge in [-0.1, -0.05) is 26.2 Å². The average molecular weight is 475 g/mol. The molecule has 0 unspecified atom stereocenters. The molecule has 1 fully saturated rings. The number of urea groups is 1. The standard InChI is InChI=1S/C26H42N4O4/c1-18-15-30(19(2)17-31)25(32)14-20-13-22(28(3)4)11-12-23(20)34-24(18)16-29(5)26(33)27-21-9-7-6-8-10-21/h11-13,18-19,21,24,31H,6-10,14-17H2,1-5H3,(H,27,33)/t18-,19+,24-/m0/s1. The van der Waals surface area contributed by atoms with Crippen molar-refractivity contribution in [3.05, 3.63) is 23.8 Å². The number of carbonyl (C=O) groups is 2. The van der Waals surface area contributed by atoms with Gasteiger partial charge in [-0.05, 0) is 38.0 Å². The van der Waals surface area contributed by atoms with Gasteiger partial charge in [-0.3, -0.25) is 4.79 Å². The van der Waals surface area contributed by atoms with Crippen LogP contribution in [0.4, 0.5) is 10.5 Å². The summed E-state index contributed by atoms with van der Waals surface area (Å²) in [6.07, 6.45) is 5.54. The van der Waals surface area contributed by atoms with Crippen molar-refractivity contribution < 1.29 is 19.4 Å². The lowest BCUT2D eigenvalue weighted by atomic mass is 9.96. The molecule has 2 N–H and O–H groups in total. The zero-order valence-electron chi connectivity index (χ0n) is 21.4. The average Bonchev–Trinajstić information content (AvgIpc) is 2.86. The molecule has 190 valence electrons. The number of benzene rings is 1. The molecule has 0 spiro atoms. The Hall–Kier alpha value is -2.48. The van der Waals surface area contributed by atoms with Crippen molar-refractivity contribution in [1.82, 2.24) is 15.1 Å². The topological polar surface area (TPSA) is 85.3 Å². The first-order valence-electron chi connectivity index (χ1n) is 12.6. The van der Waals surface area contributed by atoms with E-state index in [1.165, 1.54) is 6.42 Å². The van der Waals surface area contributed by atoms with E-state index in [2.05, 4.69) is 5.32 Å². The minimum Gasteiger partial charge on any atom is -0.488 e. The van der Waals surface area contributed by atoms with E-state index in [9.17, 15) is 14.7 Å². The molecule has 2 aliphatic rings. The third-order valence-corrected chi connectivity index (χ3v) is 7.15. The van der Waals surface area contributed by atoms with Crippen molar-refractivity contribution in [1.29, 1.82) is 0 Å². The van der Waals surface area contributed by atoms with E-state index in [1.807, 2.05) is 51.0 Å². The number of ether oxygens (including phenoxy) is 1. The Morgan fingerprint density at radius 1 is 1.24 bits per heavy atom. The molecule has 3 amide bonds. The van der Waals surface area contributed by atoms with E-state index in [1.54, 1.807) is 16.8 Å². The van der Waals surface area contributed by atoms with Crippen molar-refractivity contribution in [2.45, 2.75) is 70.6 Å². The quantitative estimate of drug-likeness (QED) is 0.662. The molecule has 3 atom stereocenters. The summed E-state index contributed by atoms with van der Waals surface area (Å²) < 4.78 is 6.50. The molecule has 3 rings (SSSR count). The number of rotatable bonds is 6. The molecule has 0 saturated heterocycles. The maximum atomic E-state index is 13.2.